The molecule has 2 nitrogen and oxygen atoms in total. The fraction of sp³-hybridized carbons (Fsp3) is 0.500. The zero-order valence-corrected chi connectivity index (χ0v) is 17.9. The Morgan fingerprint density at radius 3 is 2.90 bits per heavy atom. The van der Waals surface area contributed by atoms with Crippen LogP contribution in [0.3, 0.4) is 0 Å². The van der Waals surface area contributed by atoms with Gasteiger partial charge in [0.15, 0.2) is 0 Å². The number of hydrogen-bond donors (Lipinski definition) is 0. The largest absolute Gasteiger partial charge is 0.300 e. The number of carbonyl (C=O) groups excluding carboxylic acids is 1. The molecule has 2 fully saturated rings. The van der Waals surface area contributed by atoms with E-state index in [9.17, 15) is 4.79 Å². The summed E-state index contributed by atoms with van der Waals surface area (Å²) in [7, 11) is 0. The van der Waals surface area contributed by atoms with E-state index in [0.717, 1.165) is 25.2 Å². The van der Waals surface area contributed by atoms with Crippen molar-refractivity contribution in [1.29, 1.82) is 0 Å². The topological polar surface area (TPSA) is 30.0 Å². The number of carbonyl (C=O) groups is 1. The Kier molecular flexibility index (Phi) is 4.27. The maximum absolute atomic E-state index is 12.0. The Bertz CT molecular complexity index is 1080. The molecule has 4 aliphatic rings. The van der Waals surface area contributed by atoms with Gasteiger partial charge in [0.2, 0.25) is 0 Å². The van der Waals surface area contributed by atoms with Gasteiger partial charge in [-0.25, -0.2) is 0 Å². The maximum atomic E-state index is 12.0. The Morgan fingerprint density at radius 1 is 1.03 bits per heavy atom. The molecule has 0 N–H and O–H groups in total. The summed E-state index contributed by atoms with van der Waals surface area (Å²) in [6.45, 7) is 2.56. The number of Topliss-reactive ketones (excluding diaryl/α,β-unsaturated/α-hetero) is 1. The summed E-state index contributed by atoms with van der Waals surface area (Å²) in [5.74, 6) is 3.08. The summed E-state index contributed by atoms with van der Waals surface area (Å²) in [5, 5.41) is 2.55. The molecule has 1 heterocycles. The van der Waals surface area contributed by atoms with Crippen molar-refractivity contribution >= 4 is 16.6 Å². The van der Waals surface area contributed by atoms with Crippen LogP contribution in [0.2, 0.25) is 0 Å². The van der Waals surface area contributed by atoms with Gasteiger partial charge in [-0.15, -0.1) is 0 Å². The van der Waals surface area contributed by atoms with E-state index in [4.69, 9.17) is 0 Å². The molecular weight excluding hydrogens is 366 g/mol. The van der Waals surface area contributed by atoms with Crippen molar-refractivity contribution in [3.8, 4) is 0 Å². The Morgan fingerprint density at radius 2 is 1.97 bits per heavy atom. The van der Waals surface area contributed by atoms with E-state index in [1.54, 1.807) is 11.1 Å². The first kappa shape index (κ1) is 18.5. The highest BCUT2D eigenvalue weighted by Gasteiger charge is 2.52. The molecular formula is C28H31NO. The molecule has 0 radical (unpaired) electrons. The van der Waals surface area contributed by atoms with Gasteiger partial charge < -0.3 is 0 Å². The van der Waals surface area contributed by atoms with Crippen molar-refractivity contribution in [2.45, 2.75) is 64.2 Å². The van der Waals surface area contributed by atoms with Crippen LogP contribution < -0.4 is 0 Å². The number of fused-ring (bicyclic) bond motifs is 5. The average Bonchev–Trinajstić information content (AvgIpc) is 3.00. The standard InChI is InChI=1S/C28H31NO/c1-28-12-10-21-14-19-4-6-24(30)16-20(19)5-7-25(21)27(28)9-8-26(28)22-3-2-18-11-13-29-17-23(18)15-22/h2-3,10-11,13-15,17,20,25-27H,4-9,12,16H2,1H3. The molecule has 5 atom stereocenters. The fourth-order valence-corrected chi connectivity index (χ4v) is 7.41. The number of rotatable bonds is 1. The number of pyridine rings is 1. The van der Waals surface area contributed by atoms with Crippen LogP contribution in [-0.4, -0.2) is 10.8 Å². The predicted octanol–water partition coefficient (Wildman–Crippen LogP) is 6.77. The summed E-state index contributed by atoms with van der Waals surface area (Å²) in [5.41, 5.74) is 5.02. The van der Waals surface area contributed by atoms with E-state index in [1.165, 1.54) is 48.4 Å². The smallest absolute Gasteiger partial charge is 0.133 e. The van der Waals surface area contributed by atoms with Crippen LogP contribution >= 0.6 is 0 Å². The lowest BCUT2D eigenvalue weighted by molar-refractivity contribution is -0.120. The molecule has 1 aromatic carbocycles. The number of nitrogens with zero attached hydrogens (tertiary/aromatic N) is 1. The minimum absolute atomic E-state index is 0.341. The lowest BCUT2D eigenvalue weighted by Crippen LogP contribution is -2.35. The molecule has 0 amide bonds. The highest BCUT2D eigenvalue weighted by Crippen LogP contribution is 2.62. The van der Waals surface area contributed by atoms with Gasteiger partial charge >= 0.3 is 0 Å². The van der Waals surface area contributed by atoms with Crippen LogP contribution in [0.5, 0.6) is 0 Å². The molecule has 5 unspecified atom stereocenters. The summed E-state index contributed by atoms with van der Waals surface area (Å²) >= 11 is 0. The summed E-state index contributed by atoms with van der Waals surface area (Å²) in [6, 6.07) is 9.16. The fourth-order valence-electron chi connectivity index (χ4n) is 7.41. The molecule has 0 spiro atoms. The van der Waals surface area contributed by atoms with Gasteiger partial charge in [0, 0.05) is 30.6 Å². The quantitative estimate of drug-likeness (QED) is 0.531. The minimum Gasteiger partial charge on any atom is -0.300 e. The minimum atomic E-state index is 0.341. The van der Waals surface area contributed by atoms with E-state index in [0.29, 0.717) is 29.0 Å². The van der Waals surface area contributed by atoms with Crippen LogP contribution in [-0.2, 0) is 4.79 Å². The van der Waals surface area contributed by atoms with E-state index >= 15 is 0 Å². The second-order valence-corrected chi connectivity index (χ2v) is 10.5. The molecule has 2 heteroatoms. The first-order valence-electron chi connectivity index (χ1n) is 11.9. The van der Waals surface area contributed by atoms with Crippen molar-refractivity contribution in [2.24, 2.45) is 23.2 Å². The van der Waals surface area contributed by atoms with E-state index < -0.39 is 0 Å². The van der Waals surface area contributed by atoms with Crippen molar-refractivity contribution in [3.05, 3.63) is 65.5 Å². The Hall–Kier alpha value is -2.22. The Balaban J connectivity index is 1.33. The number of allylic oxidation sites excluding steroid dienone is 4. The molecule has 154 valence electrons. The third kappa shape index (κ3) is 2.83. The van der Waals surface area contributed by atoms with Gasteiger partial charge in [-0.3, -0.25) is 9.78 Å². The number of aromatic nitrogens is 1. The first-order chi connectivity index (χ1) is 14.6. The number of hydrogen-bond acceptors (Lipinski definition) is 2. The molecule has 2 aromatic rings. The maximum Gasteiger partial charge on any atom is 0.133 e. The second kappa shape index (κ2) is 6.90. The van der Waals surface area contributed by atoms with E-state index in [1.807, 2.05) is 12.4 Å². The first-order valence-corrected chi connectivity index (χ1v) is 11.9. The lowest BCUT2D eigenvalue weighted by atomic mass is 9.60. The summed E-state index contributed by atoms with van der Waals surface area (Å²) in [6.07, 6.45) is 17.8. The van der Waals surface area contributed by atoms with Crippen molar-refractivity contribution in [3.63, 3.8) is 0 Å². The normalized spacial score (nSPS) is 35.7. The molecule has 0 saturated heterocycles. The number of benzene rings is 1. The highest BCUT2D eigenvalue weighted by molar-refractivity contribution is 5.82. The van der Waals surface area contributed by atoms with Crippen molar-refractivity contribution < 1.29 is 4.79 Å². The average molecular weight is 398 g/mol. The molecule has 4 aliphatic carbocycles. The molecule has 2 saturated carbocycles. The van der Waals surface area contributed by atoms with Gasteiger partial charge in [-0.05, 0) is 96.3 Å². The van der Waals surface area contributed by atoms with Gasteiger partial charge in [-0.2, -0.15) is 0 Å². The Labute approximate surface area is 179 Å². The van der Waals surface area contributed by atoms with Gasteiger partial charge in [0.1, 0.15) is 5.78 Å². The van der Waals surface area contributed by atoms with Crippen LogP contribution in [0, 0.1) is 23.2 Å². The third-order valence-corrected chi connectivity index (χ3v) is 9.04. The van der Waals surface area contributed by atoms with Crippen LogP contribution in [0.25, 0.3) is 10.8 Å². The summed E-state index contributed by atoms with van der Waals surface area (Å²) in [4.78, 5) is 16.4. The van der Waals surface area contributed by atoms with E-state index in [2.05, 4.69) is 48.3 Å². The number of ketones is 1. The molecule has 0 bridgehead atoms. The monoisotopic (exact) mass is 397 g/mol. The van der Waals surface area contributed by atoms with Crippen LogP contribution in [0.1, 0.15) is 69.8 Å². The predicted molar refractivity (Wildman–Crippen MR) is 121 cm³/mol. The van der Waals surface area contributed by atoms with Crippen LogP contribution in [0.4, 0.5) is 0 Å². The van der Waals surface area contributed by atoms with Crippen molar-refractivity contribution in [2.75, 3.05) is 0 Å². The summed E-state index contributed by atoms with van der Waals surface area (Å²) < 4.78 is 0. The molecule has 30 heavy (non-hydrogen) atoms. The highest BCUT2D eigenvalue weighted by atomic mass is 16.1. The zero-order chi connectivity index (χ0) is 20.3. The molecule has 1 aromatic heterocycles. The van der Waals surface area contributed by atoms with E-state index in [-0.39, 0.29) is 0 Å². The SMILES string of the molecule is CC12CC=C3C=C4CCC(=O)CC4CCC3C1CCC2c1ccc2ccncc2c1. The van der Waals surface area contributed by atoms with Gasteiger partial charge in [0.25, 0.3) is 0 Å². The van der Waals surface area contributed by atoms with Crippen molar-refractivity contribution in [1.82, 2.24) is 4.98 Å². The van der Waals surface area contributed by atoms with Gasteiger partial charge in [0.05, 0.1) is 0 Å². The molecule has 0 aliphatic heterocycles. The van der Waals surface area contributed by atoms with Gasteiger partial charge in [-0.1, -0.05) is 36.8 Å². The second-order valence-electron chi connectivity index (χ2n) is 10.5. The zero-order valence-electron chi connectivity index (χ0n) is 17.9. The molecule has 6 rings (SSSR count). The lowest BCUT2D eigenvalue weighted by Gasteiger charge is -2.44. The van der Waals surface area contributed by atoms with Crippen LogP contribution in [0.15, 0.2) is 60.0 Å². The third-order valence-electron chi connectivity index (χ3n) is 9.04.